The Bertz CT molecular complexity index is 973. The first-order valence-corrected chi connectivity index (χ1v) is 9.74. The van der Waals surface area contributed by atoms with Gasteiger partial charge in [0.1, 0.15) is 17.2 Å². The van der Waals surface area contributed by atoms with Crippen LogP contribution in [0.3, 0.4) is 0 Å². The second-order valence-electron chi connectivity index (χ2n) is 7.04. The topological polar surface area (TPSA) is 115 Å². The molecule has 1 aromatic carbocycles. The normalized spacial score (nSPS) is 17.6. The highest BCUT2D eigenvalue weighted by Gasteiger charge is 2.49. The fraction of sp³-hybridized carbons (Fsp3) is 0.364. The highest BCUT2D eigenvalue weighted by Crippen LogP contribution is 2.37. The zero-order valence-electron chi connectivity index (χ0n) is 18.2. The standard InChI is InChI=1S/C20H23N3O5.C2H6/c1-11-8-9-12(28-11)10-21-17-15(18(25)20(17,2)27)22-14-7-5-6-13(16(14)24)19(26)23(3)4;1-2/h5-9,21-22,24,27H,10H2,1-4H3;1-2H3. The average Bonchev–Trinajstić information content (AvgIpc) is 3.14. The zero-order valence-corrected chi connectivity index (χ0v) is 18.2. The van der Waals surface area contributed by atoms with E-state index in [0.717, 1.165) is 5.76 Å². The summed E-state index contributed by atoms with van der Waals surface area (Å²) >= 11 is 0. The van der Waals surface area contributed by atoms with E-state index in [0.29, 0.717) is 5.76 Å². The molecule has 30 heavy (non-hydrogen) atoms. The number of ketones is 1. The van der Waals surface area contributed by atoms with E-state index in [1.807, 2.05) is 26.8 Å². The summed E-state index contributed by atoms with van der Waals surface area (Å²) < 4.78 is 5.48. The molecule has 0 saturated carbocycles. The molecule has 0 saturated heterocycles. The van der Waals surface area contributed by atoms with Crippen LogP contribution in [0.15, 0.2) is 46.1 Å². The molecule has 1 heterocycles. The summed E-state index contributed by atoms with van der Waals surface area (Å²) in [5, 5.41) is 26.7. The van der Waals surface area contributed by atoms with Gasteiger partial charge < -0.3 is 30.2 Å². The fourth-order valence-electron chi connectivity index (χ4n) is 2.98. The molecule has 1 aliphatic carbocycles. The Kier molecular flexibility index (Phi) is 6.94. The first-order chi connectivity index (χ1) is 14.1. The van der Waals surface area contributed by atoms with Crippen molar-refractivity contribution in [2.75, 3.05) is 19.4 Å². The van der Waals surface area contributed by atoms with Crippen LogP contribution in [0, 0.1) is 6.92 Å². The average molecular weight is 415 g/mol. The lowest BCUT2D eigenvalue weighted by molar-refractivity contribution is -0.132. The quantitative estimate of drug-likeness (QED) is 0.536. The van der Waals surface area contributed by atoms with Gasteiger partial charge in [-0.1, -0.05) is 19.9 Å². The minimum Gasteiger partial charge on any atom is -0.505 e. The van der Waals surface area contributed by atoms with E-state index < -0.39 is 11.4 Å². The van der Waals surface area contributed by atoms with Crippen molar-refractivity contribution in [3.05, 3.63) is 58.8 Å². The number of aryl methyl sites for hydroxylation is 1. The Balaban J connectivity index is 0.00000155. The van der Waals surface area contributed by atoms with Crippen LogP contribution in [0.4, 0.5) is 5.69 Å². The van der Waals surface area contributed by atoms with Crippen LogP contribution in [0.25, 0.3) is 0 Å². The van der Waals surface area contributed by atoms with Crippen LogP contribution in [0.1, 0.15) is 42.6 Å². The largest absolute Gasteiger partial charge is 0.505 e. The number of aromatic hydroxyl groups is 1. The van der Waals surface area contributed by atoms with Crippen molar-refractivity contribution < 1.29 is 24.2 Å². The van der Waals surface area contributed by atoms with Gasteiger partial charge in [-0.3, -0.25) is 9.59 Å². The Labute approximate surface area is 176 Å². The molecule has 8 nitrogen and oxygen atoms in total. The van der Waals surface area contributed by atoms with Crippen LogP contribution < -0.4 is 10.6 Å². The number of phenols is 1. The number of nitrogens with one attached hydrogen (secondary N) is 2. The minimum absolute atomic E-state index is 0.106. The van der Waals surface area contributed by atoms with Gasteiger partial charge in [-0.05, 0) is 38.1 Å². The van der Waals surface area contributed by atoms with E-state index in [1.165, 1.54) is 17.9 Å². The summed E-state index contributed by atoms with van der Waals surface area (Å²) in [5.41, 5.74) is -0.959. The first kappa shape index (κ1) is 23.0. The van der Waals surface area contributed by atoms with Crippen molar-refractivity contribution >= 4 is 17.4 Å². The van der Waals surface area contributed by atoms with Crippen LogP contribution >= 0.6 is 0 Å². The highest BCUT2D eigenvalue weighted by molar-refractivity contribution is 6.14. The van der Waals surface area contributed by atoms with E-state index in [-0.39, 0.29) is 40.8 Å². The van der Waals surface area contributed by atoms with E-state index in [9.17, 15) is 19.8 Å². The van der Waals surface area contributed by atoms with Gasteiger partial charge in [0.05, 0.1) is 23.5 Å². The van der Waals surface area contributed by atoms with Crippen molar-refractivity contribution in [3.8, 4) is 5.75 Å². The molecule has 1 aliphatic rings. The number of carbonyl (C=O) groups excluding carboxylic acids is 2. The molecule has 1 amide bonds. The second-order valence-corrected chi connectivity index (χ2v) is 7.04. The molecule has 8 heteroatoms. The summed E-state index contributed by atoms with van der Waals surface area (Å²) in [5.74, 6) is 0.255. The number of amides is 1. The monoisotopic (exact) mass is 415 g/mol. The maximum absolute atomic E-state index is 12.4. The van der Waals surface area contributed by atoms with Crippen molar-refractivity contribution in [1.29, 1.82) is 0 Å². The smallest absolute Gasteiger partial charge is 0.257 e. The molecule has 1 atom stereocenters. The molecule has 0 radical (unpaired) electrons. The minimum atomic E-state index is -1.67. The van der Waals surface area contributed by atoms with Gasteiger partial charge in [0.15, 0.2) is 11.4 Å². The van der Waals surface area contributed by atoms with Crippen LogP contribution in [-0.2, 0) is 11.3 Å². The van der Waals surface area contributed by atoms with Gasteiger partial charge >= 0.3 is 0 Å². The number of para-hydroxylation sites is 1. The fourth-order valence-corrected chi connectivity index (χ4v) is 2.98. The number of rotatable bonds is 6. The molecule has 0 aliphatic heterocycles. The summed E-state index contributed by atoms with van der Waals surface area (Å²) in [6.07, 6.45) is 0. The molecule has 162 valence electrons. The third-order valence-electron chi connectivity index (χ3n) is 4.57. The number of furan rings is 1. The molecule has 3 rings (SSSR count). The predicted octanol–water partition coefficient (Wildman–Crippen LogP) is 2.77. The van der Waals surface area contributed by atoms with Crippen LogP contribution in [0.5, 0.6) is 5.75 Å². The predicted molar refractivity (Wildman–Crippen MR) is 114 cm³/mol. The van der Waals surface area contributed by atoms with Gasteiger partial charge in [-0.25, -0.2) is 0 Å². The van der Waals surface area contributed by atoms with Crippen molar-refractivity contribution in [2.45, 2.75) is 39.8 Å². The number of hydrogen-bond acceptors (Lipinski definition) is 7. The zero-order chi connectivity index (χ0) is 22.6. The number of Topliss-reactive ketones (excluding diaryl/α,β-unsaturated/α-hetero) is 1. The van der Waals surface area contributed by atoms with Crippen molar-refractivity contribution in [2.24, 2.45) is 0 Å². The van der Waals surface area contributed by atoms with Gasteiger partial charge in [0.2, 0.25) is 5.78 Å². The SMILES string of the molecule is CC.Cc1ccc(CNC2=C(Nc3cccc(C(=O)N(C)C)c3O)C(=O)C2(C)O)o1. The van der Waals surface area contributed by atoms with Crippen molar-refractivity contribution in [3.63, 3.8) is 0 Å². The molecule has 4 N–H and O–H groups in total. The van der Waals surface area contributed by atoms with E-state index in [1.54, 1.807) is 32.3 Å². The number of phenolic OH excluding ortho intramolecular Hbond substituents is 1. The van der Waals surface area contributed by atoms with Gasteiger partial charge in [0.25, 0.3) is 5.91 Å². The maximum Gasteiger partial charge on any atom is 0.257 e. The van der Waals surface area contributed by atoms with Crippen molar-refractivity contribution in [1.82, 2.24) is 10.2 Å². The maximum atomic E-state index is 12.4. The lowest BCUT2D eigenvalue weighted by atomic mass is 9.81. The summed E-state index contributed by atoms with van der Waals surface area (Å²) in [7, 11) is 3.16. The van der Waals surface area contributed by atoms with Crippen LogP contribution in [0.2, 0.25) is 0 Å². The number of hydrogen-bond donors (Lipinski definition) is 4. The first-order valence-electron chi connectivity index (χ1n) is 9.74. The third-order valence-corrected chi connectivity index (χ3v) is 4.57. The summed E-state index contributed by atoms with van der Waals surface area (Å²) in [6, 6.07) is 8.25. The molecular weight excluding hydrogens is 386 g/mol. The Hall–Kier alpha value is -3.26. The molecular formula is C22H29N3O5. The van der Waals surface area contributed by atoms with Gasteiger partial charge in [0, 0.05) is 14.1 Å². The number of carbonyl (C=O) groups is 2. The highest BCUT2D eigenvalue weighted by atomic mass is 16.3. The molecule has 0 fully saturated rings. The number of anilines is 1. The lowest BCUT2D eigenvalue weighted by Crippen LogP contribution is -2.55. The summed E-state index contributed by atoms with van der Waals surface area (Å²) in [4.78, 5) is 25.9. The number of nitrogens with zero attached hydrogens (tertiary/aromatic N) is 1. The molecule has 0 spiro atoms. The Morgan fingerprint density at radius 3 is 2.43 bits per heavy atom. The van der Waals surface area contributed by atoms with Gasteiger partial charge in [-0.15, -0.1) is 0 Å². The second kappa shape index (κ2) is 9.04. The van der Waals surface area contributed by atoms with Crippen LogP contribution in [-0.4, -0.2) is 46.5 Å². The molecule has 0 bridgehead atoms. The number of aliphatic hydroxyl groups is 1. The summed E-state index contributed by atoms with van der Waals surface area (Å²) in [6.45, 7) is 7.49. The Morgan fingerprint density at radius 2 is 1.87 bits per heavy atom. The van der Waals surface area contributed by atoms with E-state index >= 15 is 0 Å². The molecule has 2 aromatic rings. The Morgan fingerprint density at radius 1 is 1.20 bits per heavy atom. The van der Waals surface area contributed by atoms with Gasteiger partial charge in [-0.2, -0.15) is 0 Å². The third kappa shape index (κ3) is 4.33. The number of benzene rings is 1. The lowest BCUT2D eigenvalue weighted by Gasteiger charge is -2.37. The molecule has 1 aromatic heterocycles. The van der Waals surface area contributed by atoms with E-state index in [2.05, 4.69) is 10.6 Å². The van der Waals surface area contributed by atoms with E-state index in [4.69, 9.17) is 4.42 Å². The molecule has 1 unspecified atom stereocenters.